The Labute approximate surface area is 160 Å². The average Bonchev–Trinajstić information content (AvgIpc) is 3.09. The maximum absolute atomic E-state index is 12.3. The number of carbonyl (C=O) groups is 2. The minimum absolute atomic E-state index is 0. The van der Waals surface area contributed by atoms with Crippen LogP contribution in [0.25, 0.3) is 0 Å². The summed E-state index contributed by atoms with van der Waals surface area (Å²) in [7, 11) is 0. The molecule has 0 radical (unpaired) electrons. The van der Waals surface area contributed by atoms with Gasteiger partial charge in [0.25, 0.3) is 0 Å². The van der Waals surface area contributed by atoms with Crippen LogP contribution < -0.4 is 11.1 Å². The number of nitrogens with zero attached hydrogens (tertiary/aromatic N) is 1. The lowest BCUT2D eigenvalue weighted by Gasteiger charge is -2.26. The van der Waals surface area contributed by atoms with Crippen molar-refractivity contribution in [2.75, 3.05) is 19.8 Å². The summed E-state index contributed by atoms with van der Waals surface area (Å²) in [5.41, 5.74) is 8.50. The molecule has 1 unspecified atom stereocenters. The number of rotatable bonds is 6. The Bertz CT molecular complexity index is 595. The number of amides is 2. The van der Waals surface area contributed by atoms with E-state index in [1.165, 1.54) is 11.1 Å². The maximum atomic E-state index is 12.3. The third-order valence-electron chi connectivity index (χ3n) is 5.14. The molecule has 6 nitrogen and oxygen atoms in total. The molecule has 2 heterocycles. The summed E-state index contributed by atoms with van der Waals surface area (Å²) in [6.07, 6.45) is 2.75. The Morgan fingerprint density at radius 1 is 1.19 bits per heavy atom. The zero-order chi connectivity index (χ0) is 17.6. The summed E-state index contributed by atoms with van der Waals surface area (Å²) in [5.74, 6) is 0.214. The largest absolute Gasteiger partial charge is 0.381 e. The van der Waals surface area contributed by atoms with E-state index in [4.69, 9.17) is 10.5 Å². The predicted molar refractivity (Wildman–Crippen MR) is 102 cm³/mol. The summed E-state index contributed by atoms with van der Waals surface area (Å²) in [6.45, 7) is 3.23. The van der Waals surface area contributed by atoms with Crippen LogP contribution in [0.2, 0.25) is 0 Å². The maximum Gasteiger partial charge on any atom is 0.237 e. The number of fused-ring (bicyclic) bond motifs is 1. The van der Waals surface area contributed by atoms with Crippen LogP contribution in [0.5, 0.6) is 0 Å². The number of nitrogens with two attached hydrogens (primary N) is 1. The highest BCUT2D eigenvalue weighted by Gasteiger charge is 2.26. The minimum atomic E-state index is -0.479. The Balaban J connectivity index is 0.00000243. The van der Waals surface area contributed by atoms with Gasteiger partial charge in [0.05, 0.1) is 6.04 Å². The molecular formula is C19H28ClN3O3. The molecule has 1 atom stereocenters. The van der Waals surface area contributed by atoms with Crippen LogP contribution in [0.3, 0.4) is 0 Å². The molecule has 0 aliphatic carbocycles. The molecule has 2 amide bonds. The molecule has 1 saturated heterocycles. The number of halogens is 1. The van der Waals surface area contributed by atoms with Crippen LogP contribution in [-0.4, -0.2) is 42.5 Å². The summed E-state index contributed by atoms with van der Waals surface area (Å²) in [4.78, 5) is 26.3. The molecule has 0 bridgehead atoms. The second kappa shape index (κ2) is 9.90. The van der Waals surface area contributed by atoms with Crippen molar-refractivity contribution in [3.63, 3.8) is 0 Å². The second-order valence-corrected chi connectivity index (χ2v) is 6.89. The molecule has 7 heteroatoms. The third kappa shape index (κ3) is 5.19. The quantitative estimate of drug-likeness (QED) is 0.733. The van der Waals surface area contributed by atoms with Gasteiger partial charge in [-0.2, -0.15) is 0 Å². The van der Waals surface area contributed by atoms with E-state index >= 15 is 0 Å². The van der Waals surface area contributed by atoms with Gasteiger partial charge in [0.2, 0.25) is 11.8 Å². The van der Waals surface area contributed by atoms with Gasteiger partial charge in [-0.3, -0.25) is 9.59 Å². The Kier molecular flexibility index (Phi) is 7.87. The van der Waals surface area contributed by atoms with E-state index in [0.29, 0.717) is 45.7 Å². The van der Waals surface area contributed by atoms with E-state index in [0.717, 1.165) is 12.8 Å². The number of hydrogen-bond acceptors (Lipinski definition) is 4. The first-order valence-electron chi connectivity index (χ1n) is 9.11. The van der Waals surface area contributed by atoms with Crippen molar-refractivity contribution in [2.45, 2.75) is 44.8 Å². The Hall–Kier alpha value is -1.63. The van der Waals surface area contributed by atoms with Crippen LogP contribution in [0.1, 0.15) is 36.8 Å². The van der Waals surface area contributed by atoms with Crippen molar-refractivity contribution in [1.82, 2.24) is 10.2 Å². The minimum Gasteiger partial charge on any atom is -0.381 e. The standard InChI is InChI=1S/C19H27N3O3.ClH/c20-18(14-7-10-25-11-8-14)19(24)21-9-3-6-17(23)22-12-15-4-1-2-5-16(15)13-22;/h1-2,4-5,14,18H,3,6-13,20H2,(H,21,24);1H. The lowest BCUT2D eigenvalue weighted by molar-refractivity contribution is -0.132. The highest BCUT2D eigenvalue weighted by molar-refractivity contribution is 5.85. The normalized spacial score (nSPS) is 18.0. The molecule has 1 aromatic carbocycles. The van der Waals surface area contributed by atoms with Crippen molar-refractivity contribution in [1.29, 1.82) is 0 Å². The highest BCUT2D eigenvalue weighted by atomic mass is 35.5. The fourth-order valence-corrected chi connectivity index (χ4v) is 3.53. The SMILES string of the molecule is Cl.NC(C(=O)NCCCC(=O)N1Cc2ccccc2C1)C1CCOCC1. The monoisotopic (exact) mass is 381 g/mol. The highest BCUT2D eigenvalue weighted by Crippen LogP contribution is 2.23. The lowest BCUT2D eigenvalue weighted by atomic mass is 9.92. The van der Waals surface area contributed by atoms with Crippen LogP contribution in [0.4, 0.5) is 0 Å². The van der Waals surface area contributed by atoms with E-state index in [1.807, 2.05) is 17.0 Å². The smallest absolute Gasteiger partial charge is 0.237 e. The van der Waals surface area contributed by atoms with Gasteiger partial charge in [-0.1, -0.05) is 24.3 Å². The van der Waals surface area contributed by atoms with Crippen LogP contribution in [0, 0.1) is 5.92 Å². The molecule has 26 heavy (non-hydrogen) atoms. The molecule has 0 saturated carbocycles. The number of carbonyl (C=O) groups excluding carboxylic acids is 2. The molecular weight excluding hydrogens is 354 g/mol. The molecule has 1 fully saturated rings. The van der Waals surface area contributed by atoms with E-state index < -0.39 is 6.04 Å². The number of ether oxygens (including phenoxy) is 1. The Morgan fingerprint density at radius 3 is 2.42 bits per heavy atom. The van der Waals surface area contributed by atoms with Gasteiger partial charge in [-0.05, 0) is 36.3 Å². The molecule has 3 rings (SSSR count). The summed E-state index contributed by atoms with van der Waals surface area (Å²) in [6, 6.07) is 7.67. The van der Waals surface area contributed by atoms with Crippen molar-refractivity contribution >= 4 is 24.2 Å². The van der Waals surface area contributed by atoms with Gasteiger partial charge in [0, 0.05) is 39.3 Å². The van der Waals surface area contributed by atoms with Gasteiger partial charge in [0.15, 0.2) is 0 Å². The molecule has 0 aromatic heterocycles. The Morgan fingerprint density at radius 2 is 1.81 bits per heavy atom. The predicted octanol–water partition coefficient (Wildman–Crippen LogP) is 1.60. The molecule has 2 aliphatic heterocycles. The van der Waals surface area contributed by atoms with Crippen LogP contribution in [0.15, 0.2) is 24.3 Å². The van der Waals surface area contributed by atoms with E-state index in [2.05, 4.69) is 17.4 Å². The molecule has 3 N–H and O–H groups in total. The number of benzene rings is 1. The molecule has 144 valence electrons. The van der Waals surface area contributed by atoms with E-state index in [1.54, 1.807) is 0 Å². The fourth-order valence-electron chi connectivity index (χ4n) is 3.53. The van der Waals surface area contributed by atoms with Crippen molar-refractivity contribution in [3.8, 4) is 0 Å². The van der Waals surface area contributed by atoms with Crippen LogP contribution in [-0.2, 0) is 27.4 Å². The van der Waals surface area contributed by atoms with Gasteiger partial charge in [-0.15, -0.1) is 12.4 Å². The first kappa shape index (κ1) is 20.7. The second-order valence-electron chi connectivity index (χ2n) is 6.89. The van der Waals surface area contributed by atoms with Crippen molar-refractivity contribution in [2.24, 2.45) is 11.7 Å². The zero-order valence-electron chi connectivity index (χ0n) is 15.0. The van der Waals surface area contributed by atoms with E-state index in [-0.39, 0.29) is 30.1 Å². The summed E-state index contributed by atoms with van der Waals surface area (Å²) >= 11 is 0. The fraction of sp³-hybridized carbons (Fsp3) is 0.579. The summed E-state index contributed by atoms with van der Waals surface area (Å²) < 4.78 is 5.30. The molecule has 1 aromatic rings. The topological polar surface area (TPSA) is 84.7 Å². The van der Waals surface area contributed by atoms with Gasteiger partial charge in [-0.25, -0.2) is 0 Å². The lowest BCUT2D eigenvalue weighted by Crippen LogP contribution is -2.47. The van der Waals surface area contributed by atoms with Gasteiger partial charge >= 0.3 is 0 Å². The first-order chi connectivity index (χ1) is 12.1. The molecule has 0 spiro atoms. The van der Waals surface area contributed by atoms with Gasteiger partial charge in [0.1, 0.15) is 0 Å². The average molecular weight is 382 g/mol. The van der Waals surface area contributed by atoms with Crippen molar-refractivity contribution < 1.29 is 14.3 Å². The zero-order valence-corrected chi connectivity index (χ0v) is 15.8. The first-order valence-corrected chi connectivity index (χ1v) is 9.11. The summed E-state index contributed by atoms with van der Waals surface area (Å²) in [5, 5.41) is 2.87. The van der Waals surface area contributed by atoms with E-state index in [9.17, 15) is 9.59 Å². The number of nitrogens with one attached hydrogen (secondary N) is 1. The van der Waals surface area contributed by atoms with Crippen molar-refractivity contribution in [3.05, 3.63) is 35.4 Å². The third-order valence-corrected chi connectivity index (χ3v) is 5.14. The number of hydrogen-bond donors (Lipinski definition) is 2. The van der Waals surface area contributed by atoms with Gasteiger partial charge < -0.3 is 20.7 Å². The molecule has 2 aliphatic rings. The van der Waals surface area contributed by atoms with Crippen LogP contribution >= 0.6 is 12.4 Å².